The maximum atomic E-state index is 11.6. The largest absolute Gasteiger partial charge is 0.486 e. The molecular weight excluding hydrogens is 494 g/mol. The third-order valence-corrected chi connectivity index (χ3v) is 5.65. The second-order valence-electron chi connectivity index (χ2n) is 5.05. The van der Waals surface area contributed by atoms with E-state index in [0.29, 0.717) is 22.3 Å². The summed E-state index contributed by atoms with van der Waals surface area (Å²) in [7, 11) is 0. The monoisotopic (exact) mass is 501 g/mol. The molecule has 4 nitrogen and oxygen atoms in total. The zero-order valence-corrected chi connectivity index (χ0v) is 17.3. The molecule has 2 amide bonds. The highest BCUT2D eigenvalue weighted by Gasteiger charge is 2.25. The summed E-state index contributed by atoms with van der Waals surface area (Å²) in [4.78, 5) is 23.2. The zero-order valence-electron chi connectivity index (χ0n) is 12.5. The van der Waals surface area contributed by atoms with Crippen LogP contribution in [0.1, 0.15) is 11.1 Å². The van der Waals surface area contributed by atoms with Crippen LogP contribution in [-0.4, -0.2) is 11.1 Å². The molecule has 1 saturated heterocycles. The Morgan fingerprint density at radius 1 is 1.16 bits per heavy atom. The minimum Gasteiger partial charge on any atom is -0.486 e. The van der Waals surface area contributed by atoms with E-state index in [4.69, 9.17) is 16.3 Å². The van der Waals surface area contributed by atoms with Crippen molar-refractivity contribution in [3.63, 3.8) is 0 Å². The lowest BCUT2D eigenvalue weighted by Gasteiger charge is -2.12. The molecule has 3 rings (SSSR count). The van der Waals surface area contributed by atoms with Gasteiger partial charge in [-0.15, -0.1) is 0 Å². The lowest BCUT2D eigenvalue weighted by Crippen LogP contribution is -2.17. The fourth-order valence-corrected chi connectivity index (χ4v) is 4.46. The molecule has 0 saturated carbocycles. The van der Waals surface area contributed by atoms with Gasteiger partial charge in [-0.1, -0.05) is 29.8 Å². The van der Waals surface area contributed by atoms with Gasteiger partial charge in [-0.05, 0) is 73.5 Å². The Balaban J connectivity index is 1.81. The number of benzene rings is 2. The molecular formula is C17H10Br2ClNO3S. The number of nitrogens with one attached hydrogen (secondary N) is 1. The molecule has 0 spiro atoms. The molecule has 128 valence electrons. The van der Waals surface area contributed by atoms with Crippen molar-refractivity contribution >= 4 is 72.4 Å². The number of hydrogen-bond donors (Lipinski definition) is 1. The first-order valence-electron chi connectivity index (χ1n) is 7.04. The van der Waals surface area contributed by atoms with Gasteiger partial charge in [0.25, 0.3) is 11.1 Å². The van der Waals surface area contributed by atoms with Crippen molar-refractivity contribution in [3.05, 3.63) is 66.4 Å². The van der Waals surface area contributed by atoms with E-state index in [-0.39, 0.29) is 11.1 Å². The molecule has 0 bridgehead atoms. The number of amides is 2. The van der Waals surface area contributed by atoms with Crippen LogP contribution in [0.15, 0.2) is 50.2 Å². The molecule has 1 heterocycles. The quantitative estimate of drug-likeness (QED) is 0.539. The number of ether oxygens (including phenoxy) is 1. The van der Waals surface area contributed by atoms with Gasteiger partial charge in [-0.25, -0.2) is 0 Å². The molecule has 8 heteroatoms. The van der Waals surface area contributed by atoms with Crippen molar-refractivity contribution in [1.82, 2.24) is 5.32 Å². The van der Waals surface area contributed by atoms with Gasteiger partial charge < -0.3 is 4.74 Å². The fourth-order valence-electron chi connectivity index (χ4n) is 2.14. The Bertz CT molecular complexity index is 878. The van der Waals surface area contributed by atoms with E-state index in [9.17, 15) is 9.59 Å². The van der Waals surface area contributed by atoms with Crippen molar-refractivity contribution in [2.24, 2.45) is 0 Å². The Kier molecular flexibility index (Phi) is 5.89. The number of carbonyl (C=O) groups excluding carboxylic acids is 2. The second kappa shape index (κ2) is 7.95. The predicted molar refractivity (Wildman–Crippen MR) is 107 cm³/mol. The minimum atomic E-state index is -0.388. The van der Waals surface area contributed by atoms with Gasteiger partial charge in [0.1, 0.15) is 12.4 Å². The van der Waals surface area contributed by atoms with Gasteiger partial charge in [0.15, 0.2) is 0 Å². The summed E-state index contributed by atoms with van der Waals surface area (Å²) in [6.07, 6.45) is 1.65. The number of rotatable bonds is 4. The van der Waals surface area contributed by atoms with Gasteiger partial charge in [-0.3, -0.25) is 14.9 Å². The molecule has 0 aliphatic carbocycles. The number of hydrogen-bond acceptors (Lipinski definition) is 4. The van der Waals surface area contributed by atoms with E-state index >= 15 is 0 Å². The Morgan fingerprint density at radius 2 is 1.84 bits per heavy atom. The Morgan fingerprint density at radius 3 is 2.44 bits per heavy atom. The van der Waals surface area contributed by atoms with E-state index < -0.39 is 0 Å². The summed E-state index contributed by atoms with van der Waals surface area (Å²) in [5.41, 5.74) is 1.64. The van der Waals surface area contributed by atoms with E-state index in [1.807, 2.05) is 36.4 Å². The van der Waals surface area contributed by atoms with Crippen LogP contribution in [0.5, 0.6) is 5.75 Å². The normalized spacial score (nSPS) is 15.6. The van der Waals surface area contributed by atoms with Crippen LogP contribution in [0.2, 0.25) is 5.02 Å². The van der Waals surface area contributed by atoms with Gasteiger partial charge in [0.05, 0.1) is 13.9 Å². The molecule has 0 unspecified atom stereocenters. The van der Waals surface area contributed by atoms with Gasteiger partial charge in [0, 0.05) is 10.6 Å². The van der Waals surface area contributed by atoms with Crippen LogP contribution >= 0.6 is 55.2 Å². The van der Waals surface area contributed by atoms with Gasteiger partial charge in [-0.2, -0.15) is 0 Å². The van der Waals surface area contributed by atoms with Crippen LogP contribution < -0.4 is 10.1 Å². The van der Waals surface area contributed by atoms with E-state index in [1.165, 1.54) is 0 Å². The van der Waals surface area contributed by atoms with Crippen molar-refractivity contribution in [3.8, 4) is 5.75 Å². The van der Waals surface area contributed by atoms with Crippen LogP contribution in [0.3, 0.4) is 0 Å². The first kappa shape index (κ1) is 18.5. The smallest absolute Gasteiger partial charge is 0.290 e. The maximum Gasteiger partial charge on any atom is 0.290 e. The fraction of sp³-hybridized carbons (Fsp3) is 0.0588. The molecule has 2 aromatic rings. The Labute approximate surface area is 170 Å². The first-order valence-corrected chi connectivity index (χ1v) is 9.82. The summed E-state index contributed by atoms with van der Waals surface area (Å²) >= 11 is 14.0. The summed E-state index contributed by atoms with van der Waals surface area (Å²) < 4.78 is 7.30. The van der Waals surface area contributed by atoms with Crippen LogP contribution in [0.4, 0.5) is 4.79 Å². The van der Waals surface area contributed by atoms with Crippen LogP contribution in [0, 0.1) is 0 Å². The van der Waals surface area contributed by atoms with Crippen molar-refractivity contribution in [1.29, 1.82) is 0 Å². The molecule has 25 heavy (non-hydrogen) atoms. The van der Waals surface area contributed by atoms with E-state index in [0.717, 1.165) is 31.8 Å². The third kappa shape index (κ3) is 4.47. The van der Waals surface area contributed by atoms with Crippen molar-refractivity contribution in [2.75, 3.05) is 0 Å². The highest BCUT2D eigenvalue weighted by molar-refractivity contribution is 9.11. The average molecular weight is 504 g/mol. The summed E-state index contributed by atoms with van der Waals surface area (Å²) in [6.45, 7) is 0.323. The second-order valence-corrected chi connectivity index (χ2v) is 8.18. The summed E-state index contributed by atoms with van der Waals surface area (Å²) in [5, 5.41) is 2.50. The summed E-state index contributed by atoms with van der Waals surface area (Å²) in [6, 6.07) is 11.1. The standard InChI is InChI=1S/C17H10Br2ClNO3S/c18-11-5-9(7-14-16(22)21-17(23)25-14)6-12(19)15(11)24-8-10-3-1-2-4-13(10)20/h1-7H,8H2,(H,21,22,23)/b14-7-. The average Bonchev–Trinajstić information content (AvgIpc) is 2.85. The molecule has 1 aliphatic heterocycles. The lowest BCUT2D eigenvalue weighted by molar-refractivity contribution is -0.115. The van der Waals surface area contributed by atoms with Gasteiger partial charge in [0.2, 0.25) is 0 Å². The maximum absolute atomic E-state index is 11.6. The topological polar surface area (TPSA) is 55.4 Å². The van der Waals surface area contributed by atoms with Crippen molar-refractivity contribution < 1.29 is 14.3 Å². The first-order chi connectivity index (χ1) is 11.9. The highest BCUT2D eigenvalue weighted by atomic mass is 79.9. The van der Waals surface area contributed by atoms with E-state index in [2.05, 4.69) is 37.2 Å². The van der Waals surface area contributed by atoms with Gasteiger partial charge >= 0.3 is 0 Å². The SMILES string of the molecule is O=C1NC(=O)/C(=C/c2cc(Br)c(OCc3ccccc3Cl)c(Br)c2)S1. The van der Waals surface area contributed by atoms with Crippen molar-refractivity contribution in [2.45, 2.75) is 6.61 Å². The molecule has 0 atom stereocenters. The predicted octanol–water partition coefficient (Wildman–Crippen LogP) is 5.77. The van der Waals surface area contributed by atoms with Crippen LogP contribution in [0.25, 0.3) is 6.08 Å². The molecule has 0 radical (unpaired) electrons. The highest BCUT2D eigenvalue weighted by Crippen LogP contribution is 2.37. The number of imide groups is 1. The zero-order chi connectivity index (χ0) is 18.0. The van der Waals surface area contributed by atoms with E-state index in [1.54, 1.807) is 6.08 Å². The third-order valence-electron chi connectivity index (χ3n) is 3.29. The number of carbonyl (C=O) groups is 2. The minimum absolute atomic E-state index is 0.323. The number of thioether (sulfide) groups is 1. The molecule has 1 aliphatic rings. The molecule has 2 aromatic carbocycles. The lowest BCUT2D eigenvalue weighted by atomic mass is 10.2. The molecule has 1 N–H and O–H groups in total. The van der Waals surface area contributed by atoms with Crippen LogP contribution in [-0.2, 0) is 11.4 Å². The molecule has 0 aromatic heterocycles. The summed E-state index contributed by atoms with van der Waals surface area (Å²) in [5.74, 6) is 0.239. The molecule has 1 fully saturated rings. The number of halogens is 3. The Hall–Kier alpha value is -1.28.